The van der Waals surface area contributed by atoms with Crippen molar-refractivity contribution >= 4 is 11.9 Å². The number of carbonyl (C=O) groups is 2. The molecule has 0 heterocycles. The number of amides is 1. The molecule has 0 fully saturated rings. The third-order valence-corrected chi connectivity index (χ3v) is 13.4. The lowest BCUT2D eigenvalue weighted by Crippen LogP contribution is -2.45. The van der Waals surface area contributed by atoms with Gasteiger partial charge in [0.25, 0.3) is 0 Å². The Morgan fingerprint density at radius 3 is 1.17 bits per heavy atom. The Hall–Kier alpha value is -1.92. The molecule has 6 heteroatoms. The number of allylic oxidation sites excluding steroid dienone is 5. The molecule has 3 N–H and O–H groups in total. The van der Waals surface area contributed by atoms with E-state index in [2.05, 4.69) is 43.5 Å². The maximum atomic E-state index is 12.5. The van der Waals surface area contributed by atoms with E-state index in [4.69, 9.17) is 4.74 Å². The SMILES string of the molecule is CCCCCC/C=C\C/C=C\CCCCCCCCCC(=O)OCCCCCCCCCCCC(=O)NC(CO)C(O)/C=C/CCCCCCCCCCCCCCCCCCCCCC. The first-order valence-corrected chi connectivity index (χ1v) is 29.3. The Balaban J connectivity index is 3.51. The Labute approximate surface area is 411 Å². The summed E-state index contributed by atoms with van der Waals surface area (Å²) in [6.45, 7) is 4.83. The fourth-order valence-electron chi connectivity index (χ4n) is 8.90. The molecule has 0 aromatic carbocycles. The zero-order valence-corrected chi connectivity index (χ0v) is 44.2. The van der Waals surface area contributed by atoms with E-state index in [0.717, 1.165) is 64.2 Å². The second kappa shape index (κ2) is 55.7. The molecule has 2 atom stereocenters. The first kappa shape index (κ1) is 64.1. The predicted molar refractivity (Wildman–Crippen MR) is 287 cm³/mol. The van der Waals surface area contributed by atoms with Crippen molar-refractivity contribution in [2.45, 2.75) is 321 Å². The summed E-state index contributed by atoms with van der Waals surface area (Å²) in [7, 11) is 0. The van der Waals surface area contributed by atoms with E-state index in [9.17, 15) is 19.8 Å². The van der Waals surface area contributed by atoms with Gasteiger partial charge in [-0.1, -0.05) is 269 Å². The molecule has 0 aliphatic rings. The van der Waals surface area contributed by atoms with E-state index < -0.39 is 12.1 Å². The quantitative estimate of drug-likeness (QED) is 0.0321. The summed E-state index contributed by atoms with van der Waals surface area (Å²) >= 11 is 0. The van der Waals surface area contributed by atoms with Crippen molar-refractivity contribution in [3.8, 4) is 0 Å². The molecule has 0 aromatic rings. The molecule has 0 spiro atoms. The zero-order valence-electron chi connectivity index (χ0n) is 44.2. The first-order chi connectivity index (χ1) is 32.5. The van der Waals surface area contributed by atoms with Crippen LogP contribution in [0.2, 0.25) is 0 Å². The van der Waals surface area contributed by atoms with Crippen LogP contribution in [0.25, 0.3) is 0 Å². The summed E-state index contributed by atoms with van der Waals surface area (Å²) in [5.74, 6) is -0.128. The van der Waals surface area contributed by atoms with Crippen LogP contribution in [0.5, 0.6) is 0 Å². The number of ether oxygens (including phenoxy) is 1. The molecule has 66 heavy (non-hydrogen) atoms. The second-order valence-corrected chi connectivity index (χ2v) is 20.0. The van der Waals surface area contributed by atoms with E-state index in [1.54, 1.807) is 6.08 Å². The summed E-state index contributed by atoms with van der Waals surface area (Å²) in [5, 5.41) is 23.2. The van der Waals surface area contributed by atoms with Crippen LogP contribution in [-0.4, -0.2) is 47.4 Å². The number of esters is 1. The number of carbonyl (C=O) groups excluding carboxylic acids is 2. The minimum atomic E-state index is -0.864. The van der Waals surface area contributed by atoms with Gasteiger partial charge in [0.15, 0.2) is 0 Å². The van der Waals surface area contributed by atoms with Crippen LogP contribution in [0.15, 0.2) is 36.5 Å². The van der Waals surface area contributed by atoms with Gasteiger partial charge in [-0.05, 0) is 64.2 Å². The molecule has 0 bridgehead atoms. The smallest absolute Gasteiger partial charge is 0.305 e. The van der Waals surface area contributed by atoms with Crippen molar-refractivity contribution in [1.29, 1.82) is 0 Å². The van der Waals surface area contributed by atoms with Crippen LogP contribution in [0, 0.1) is 0 Å². The van der Waals surface area contributed by atoms with Crippen molar-refractivity contribution in [2.24, 2.45) is 0 Å². The van der Waals surface area contributed by atoms with E-state index in [0.29, 0.717) is 19.4 Å². The number of aliphatic hydroxyl groups is 2. The highest BCUT2D eigenvalue weighted by Gasteiger charge is 2.18. The van der Waals surface area contributed by atoms with Gasteiger partial charge in [-0.25, -0.2) is 0 Å². The lowest BCUT2D eigenvalue weighted by molar-refractivity contribution is -0.143. The molecular formula is C60H113NO5. The highest BCUT2D eigenvalue weighted by atomic mass is 16.5. The van der Waals surface area contributed by atoms with Crippen LogP contribution in [0.4, 0.5) is 0 Å². The number of hydrogen-bond donors (Lipinski definition) is 3. The lowest BCUT2D eigenvalue weighted by Gasteiger charge is -2.20. The van der Waals surface area contributed by atoms with Crippen molar-refractivity contribution in [3.63, 3.8) is 0 Å². The standard InChI is InChI=1S/C60H113NO5/c1-3-5-7-9-11-13-15-17-19-21-23-24-25-26-27-29-31-33-36-40-44-48-52-58(63)57(56-62)61-59(64)53-49-45-41-37-35-39-43-47-51-55-66-60(65)54-50-46-42-38-34-32-30-28-22-20-18-16-14-12-10-8-6-4-2/h14,16,20,22,48,52,57-58,62-63H,3-13,15,17-19,21,23-47,49-51,53-56H2,1-2H3,(H,61,64)/b16-14-,22-20-,52-48+. The van der Waals surface area contributed by atoms with Gasteiger partial charge >= 0.3 is 5.97 Å². The van der Waals surface area contributed by atoms with E-state index in [-0.39, 0.29) is 18.5 Å². The van der Waals surface area contributed by atoms with Crippen molar-refractivity contribution in [2.75, 3.05) is 13.2 Å². The van der Waals surface area contributed by atoms with Crippen molar-refractivity contribution < 1.29 is 24.5 Å². The first-order valence-electron chi connectivity index (χ1n) is 29.3. The summed E-state index contributed by atoms with van der Waals surface area (Å²) in [4.78, 5) is 24.6. The maximum absolute atomic E-state index is 12.5. The Morgan fingerprint density at radius 1 is 0.424 bits per heavy atom. The molecule has 0 rings (SSSR count). The average molecular weight is 929 g/mol. The number of nitrogens with one attached hydrogen (secondary N) is 1. The topological polar surface area (TPSA) is 95.9 Å². The Bertz CT molecular complexity index is 1070. The number of aliphatic hydroxyl groups excluding tert-OH is 2. The van der Waals surface area contributed by atoms with Crippen molar-refractivity contribution in [1.82, 2.24) is 5.32 Å². The number of unbranched alkanes of at least 4 members (excludes halogenated alkanes) is 39. The number of hydrogen-bond acceptors (Lipinski definition) is 5. The lowest BCUT2D eigenvalue weighted by atomic mass is 10.0. The molecule has 1 amide bonds. The minimum Gasteiger partial charge on any atom is -0.466 e. The van der Waals surface area contributed by atoms with Crippen molar-refractivity contribution in [3.05, 3.63) is 36.5 Å². The monoisotopic (exact) mass is 928 g/mol. The van der Waals surface area contributed by atoms with E-state index in [1.807, 2.05) is 6.08 Å². The molecule has 0 aliphatic heterocycles. The van der Waals surface area contributed by atoms with Gasteiger partial charge in [-0.15, -0.1) is 0 Å². The third kappa shape index (κ3) is 51.5. The highest BCUT2D eigenvalue weighted by molar-refractivity contribution is 5.76. The van der Waals surface area contributed by atoms with Gasteiger partial charge in [0.1, 0.15) is 0 Å². The molecule has 0 saturated heterocycles. The minimum absolute atomic E-state index is 0.0341. The summed E-state index contributed by atoms with van der Waals surface area (Å²) in [6, 6.07) is -0.650. The fourth-order valence-corrected chi connectivity index (χ4v) is 8.90. The Morgan fingerprint density at radius 2 is 0.758 bits per heavy atom. The zero-order chi connectivity index (χ0) is 47.9. The van der Waals surface area contributed by atoms with Gasteiger partial charge in [0.05, 0.1) is 25.4 Å². The normalized spacial score (nSPS) is 12.8. The van der Waals surface area contributed by atoms with Gasteiger partial charge in [0.2, 0.25) is 5.91 Å². The molecule has 0 saturated carbocycles. The van der Waals surface area contributed by atoms with Gasteiger partial charge in [-0.3, -0.25) is 9.59 Å². The molecule has 0 radical (unpaired) electrons. The van der Waals surface area contributed by atoms with Gasteiger partial charge < -0.3 is 20.3 Å². The van der Waals surface area contributed by atoms with Gasteiger partial charge in [0, 0.05) is 12.8 Å². The molecule has 388 valence electrons. The average Bonchev–Trinajstić information content (AvgIpc) is 3.32. The Kier molecular flexibility index (Phi) is 54.1. The number of rotatable bonds is 54. The van der Waals surface area contributed by atoms with Crippen LogP contribution in [0.1, 0.15) is 309 Å². The van der Waals surface area contributed by atoms with Crippen LogP contribution in [0.3, 0.4) is 0 Å². The van der Waals surface area contributed by atoms with Crippen LogP contribution >= 0.6 is 0 Å². The van der Waals surface area contributed by atoms with Crippen LogP contribution < -0.4 is 5.32 Å². The van der Waals surface area contributed by atoms with Gasteiger partial charge in [-0.2, -0.15) is 0 Å². The van der Waals surface area contributed by atoms with Crippen LogP contribution in [-0.2, 0) is 14.3 Å². The molecule has 6 nitrogen and oxygen atoms in total. The predicted octanol–water partition coefficient (Wildman–Crippen LogP) is 18.0. The third-order valence-electron chi connectivity index (χ3n) is 13.4. The van der Waals surface area contributed by atoms with E-state index in [1.165, 1.54) is 218 Å². The molecule has 0 aliphatic carbocycles. The van der Waals surface area contributed by atoms with E-state index >= 15 is 0 Å². The second-order valence-electron chi connectivity index (χ2n) is 20.0. The maximum Gasteiger partial charge on any atom is 0.305 e. The molecule has 0 aromatic heterocycles. The fraction of sp³-hybridized carbons (Fsp3) is 0.867. The largest absolute Gasteiger partial charge is 0.466 e. The summed E-state index contributed by atoms with van der Waals surface area (Å²) in [5.41, 5.74) is 0. The summed E-state index contributed by atoms with van der Waals surface area (Å²) in [6.07, 6.45) is 68.8. The molecular weight excluding hydrogens is 815 g/mol. The summed E-state index contributed by atoms with van der Waals surface area (Å²) < 4.78 is 5.46. The highest BCUT2D eigenvalue weighted by Crippen LogP contribution is 2.17. The molecule has 2 unspecified atom stereocenters.